The Morgan fingerprint density at radius 2 is 1.82 bits per heavy atom. The molecule has 1 saturated heterocycles. The van der Waals surface area contributed by atoms with Gasteiger partial charge in [0.2, 0.25) is 11.8 Å². The van der Waals surface area contributed by atoms with Crippen molar-refractivity contribution in [1.29, 1.82) is 0 Å². The Morgan fingerprint density at radius 3 is 2.41 bits per heavy atom. The Labute approximate surface area is 142 Å². The molecule has 0 aromatic heterocycles. The average molecular weight is 385 g/mol. The maximum atomic E-state index is 12.3. The molecule has 0 N–H and O–H groups in total. The molecule has 0 spiro atoms. The molecule has 0 bridgehead atoms. The van der Waals surface area contributed by atoms with Crippen LogP contribution in [0.3, 0.4) is 0 Å². The lowest BCUT2D eigenvalue weighted by Crippen LogP contribution is -2.34. The van der Waals surface area contributed by atoms with E-state index in [4.69, 9.17) is 16.3 Å². The van der Waals surface area contributed by atoms with Gasteiger partial charge in [0.25, 0.3) is 0 Å². The molecule has 2 atom stereocenters. The molecule has 4 nitrogen and oxygen atoms in total. The van der Waals surface area contributed by atoms with Crippen molar-refractivity contribution in [2.24, 2.45) is 11.8 Å². The summed E-state index contributed by atoms with van der Waals surface area (Å²) >= 11 is 9.24. The third kappa shape index (κ3) is 2.92. The molecule has 1 aliphatic carbocycles. The Morgan fingerprint density at radius 1 is 1.18 bits per heavy atom. The monoisotopic (exact) mass is 383 g/mol. The minimum Gasteiger partial charge on any atom is -0.491 e. The molecule has 1 heterocycles. The number of rotatable bonds is 4. The van der Waals surface area contributed by atoms with Gasteiger partial charge in [0.1, 0.15) is 12.4 Å². The molecule has 0 saturated carbocycles. The van der Waals surface area contributed by atoms with Crippen molar-refractivity contribution in [3.8, 4) is 5.75 Å². The van der Waals surface area contributed by atoms with E-state index in [0.717, 1.165) is 4.47 Å². The number of fused-ring (bicyclic) bond motifs is 1. The van der Waals surface area contributed by atoms with Crippen LogP contribution in [0.25, 0.3) is 0 Å². The van der Waals surface area contributed by atoms with E-state index in [1.807, 2.05) is 12.2 Å². The van der Waals surface area contributed by atoms with Crippen molar-refractivity contribution in [1.82, 2.24) is 4.90 Å². The molecular weight excluding hydrogens is 370 g/mol. The van der Waals surface area contributed by atoms with Crippen molar-refractivity contribution in [2.45, 2.75) is 12.8 Å². The zero-order valence-electron chi connectivity index (χ0n) is 11.8. The molecule has 1 fully saturated rings. The van der Waals surface area contributed by atoms with Gasteiger partial charge in [0.15, 0.2) is 0 Å². The van der Waals surface area contributed by atoms with Crippen LogP contribution in [-0.2, 0) is 9.59 Å². The highest BCUT2D eigenvalue weighted by molar-refractivity contribution is 9.10. The number of ether oxygens (including phenoxy) is 1. The van der Waals surface area contributed by atoms with E-state index in [2.05, 4.69) is 15.9 Å². The van der Waals surface area contributed by atoms with Gasteiger partial charge in [-0.25, -0.2) is 0 Å². The summed E-state index contributed by atoms with van der Waals surface area (Å²) in [5.41, 5.74) is 0. The van der Waals surface area contributed by atoms with Gasteiger partial charge < -0.3 is 4.74 Å². The highest BCUT2D eigenvalue weighted by Crippen LogP contribution is 2.35. The van der Waals surface area contributed by atoms with Crippen molar-refractivity contribution in [2.75, 3.05) is 13.2 Å². The number of carbonyl (C=O) groups is 2. The van der Waals surface area contributed by atoms with Crippen LogP contribution < -0.4 is 4.74 Å². The standard InChI is InChI=1S/C16H15BrClNO3/c17-13-9-10(18)5-6-14(13)22-8-7-19-15(20)11-3-1-2-4-12(11)16(19)21/h1-2,5-6,9,11-12H,3-4,7-8H2. The minimum atomic E-state index is -0.181. The number of allylic oxidation sites excluding steroid dienone is 2. The third-order valence-corrected chi connectivity index (χ3v) is 4.92. The zero-order valence-corrected chi connectivity index (χ0v) is 14.1. The first-order valence-electron chi connectivity index (χ1n) is 7.16. The van der Waals surface area contributed by atoms with Crippen LogP contribution in [0.2, 0.25) is 5.02 Å². The van der Waals surface area contributed by atoms with E-state index < -0.39 is 0 Å². The van der Waals surface area contributed by atoms with Gasteiger partial charge in [-0.15, -0.1) is 0 Å². The summed E-state index contributed by atoms with van der Waals surface area (Å²) in [4.78, 5) is 25.9. The van der Waals surface area contributed by atoms with Gasteiger partial charge >= 0.3 is 0 Å². The Bertz CT molecular complexity index is 620. The topological polar surface area (TPSA) is 46.6 Å². The second-order valence-electron chi connectivity index (χ2n) is 5.41. The van der Waals surface area contributed by atoms with Crippen LogP contribution >= 0.6 is 27.5 Å². The number of halogens is 2. The van der Waals surface area contributed by atoms with Gasteiger partial charge in [-0.3, -0.25) is 14.5 Å². The van der Waals surface area contributed by atoms with Crippen molar-refractivity contribution < 1.29 is 14.3 Å². The first kappa shape index (κ1) is 15.6. The number of likely N-dealkylation sites (tertiary alicyclic amines) is 1. The molecule has 2 aliphatic rings. The summed E-state index contributed by atoms with van der Waals surface area (Å²) in [5, 5.41) is 0.612. The quantitative estimate of drug-likeness (QED) is 0.590. The number of hydrogen-bond donors (Lipinski definition) is 0. The predicted molar refractivity (Wildman–Crippen MR) is 86.7 cm³/mol. The van der Waals surface area contributed by atoms with Gasteiger partial charge in [0.05, 0.1) is 22.9 Å². The predicted octanol–water partition coefficient (Wildman–Crippen LogP) is 3.43. The van der Waals surface area contributed by atoms with E-state index >= 15 is 0 Å². The number of amides is 2. The molecule has 0 radical (unpaired) electrons. The van der Waals surface area contributed by atoms with E-state index in [9.17, 15) is 9.59 Å². The molecule has 2 unspecified atom stereocenters. The van der Waals surface area contributed by atoms with Gasteiger partial charge in [-0.2, -0.15) is 0 Å². The lowest BCUT2D eigenvalue weighted by atomic mass is 9.85. The molecule has 3 rings (SSSR count). The normalized spacial score (nSPS) is 23.8. The van der Waals surface area contributed by atoms with Crippen LogP contribution in [0.15, 0.2) is 34.8 Å². The SMILES string of the molecule is O=C1C2CC=CCC2C(=O)N1CCOc1ccc(Cl)cc1Br. The van der Waals surface area contributed by atoms with Crippen LogP contribution in [0.4, 0.5) is 0 Å². The molecule has 6 heteroatoms. The fourth-order valence-corrected chi connectivity index (χ4v) is 3.73. The summed E-state index contributed by atoms with van der Waals surface area (Å²) in [6, 6.07) is 5.22. The molecule has 2 amide bonds. The van der Waals surface area contributed by atoms with Crippen LogP contribution in [0.5, 0.6) is 5.75 Å². The number of carbonyl (C=O) groups excluding carboxylic acids is 2. The maximum absolute atomic E-state index is 12.3. The van der Waals surface area contributed by atoms with Crippen molar-refractivity contribution >= 4 is 39.3 Å². The van der Waals surface area contributed by atoms with Gasteiger partial charge in [-0.05, 0) is 47.0 Å². The van der Waals surface area contributed by atoms with Crippen molar-refractivity contribution in [3.05, 3.63) is 39.8 Å². The summed E-state index contributed by atoms with van der Waals surface area (Å²) in [6.07, 6.45) is 5.29. The lowest BCUT2D eigenvalue weighted by molar-refractivity contribution is -0.140. The first-order valence-corrected chi connectivity index (χ1v) is 8.33. The van der Waals surface area contributed by atoms with Gasteiger partial charge in [-0.1, -0.05) is 23.8 Å². The smallest absolute Gasteiger partial charge is 0.233 e. The molecule has 1 aromatic rings. The number of nitrogens with zero attached hydrogens (tertiary/aromatic N) is 1. The fourth-order valence-electron chi connectivity index (χ4n) is 2.93. The highest BCUT2D eigenvalue weighted by Gasteiger charge is 2.46. The van der Waals surface area contributed by atoms with E-state index in [1.165, 1.54) is 4.90 Å². The largest absolute Gasteiger partial charge is 0.491 e. The zero-order chi connectivity index (χ0) is 15.7. The second kappa shape index (κ2) is 6.42. The fraction of sp³-hybridized carbons (Fsp3) is 0.375. The summed E-state index contributed by atoms with van der Waals surface area (Å²) in [7, 11) is 0. The lowest BCUT2D eigenvalue weighted by Gasteiger charge is -2.15. The van der Waals surface area contributed by atoms with E-state index in [1.54, 1.807) is 18.2 Å². The summed E-state index contributed by atoms with van der Waals surface area (Å²) < 4.78 is 6.38. The maximum Gasteiger partial charge on any atom is 0.233 e. The van der Waals surface area contributed by atoms with E-state index in [-0.39, 0.29) is 36.8 Å². The Kier molecular flexibility index (Phi) is 4.54. The van der Waals surface area contributed by atoms with Crippen LogP contribution in [0.1, 0.15) is 12.8 Å². The van der Waals surface area contributed by atoms with Gasteiger partial charge in [0, 0.05) is 5.02 Å². The number of imide groups is 1. The molecule has 22 heavy (non-hydrogen) atoms. The number of benzene rings is 1. The summed E-state index contributed by atoms with van der Waals surface area (Å²) in [6.45, 7) is 0.546. The van der Waals surface area contributed by atoms with Crippen molar-refractivity contribution in [3.63, 3.8) is 0 Å². The second-order valence-corrected chi connectivity index (χ2v) is 6.70. The minimum absolute atomic E-state index is 0.0712. The first-order chi connectivity index (χ1) is 10.6. The average Bonchev–Trinajstić information content (AvgIpc) is 2.75. The Hall–Kier alpha value is -1.33. The van der Waals surface area contributed by atoms with Crippen LogP contribution in [0, 0.1) is 11.8 Å². The number of hydrogen-bond acceptors (Lipinski definition) is 3. The van der Waals surface area contributed by atoms with E-state index in [0.29, 0.717) is 23.6 Å². The highest BCUT2D eigenvalue weighted by atomic mass is 79.9. The molecule has 116 valence electrons. The Balaban J connectivity index is 1.60. The third-order valence-electron chi connectivity index (χ3n) is 4.07. The molecule has 1 aliphatic heterocycles. The molecule has 1 aromatic carbocycles. The molecular formula is C16H15BrClNO3. The summed E-state index contributed by atoms with van der Waals surface area (Å²) in [5.74, 6) is 0.137. The van der Waals surface area contributed by atoms with Crippen LogP contribution in [-0.4, -0.2) is 29.9 Å².